The molecule has 0 bridgehead atoms. The van der Waals surface area contributed by atoms with Gasteiger partial charge in [-0.25, -0.2) is 13.1 Å². The molecule has 0 aromatic heterocycles. The van der Waals surface area contributed by atoms with E-state index in [0.717, 1.165) is 13.0 Å². The zero-order valence-electron chi connectivity index (χ0n) is 12.3. The van der Waals surface area contributed by atoms with E-state index in [-0.39, 0.29) is 4.90 Å². The lowest BCUT2D eigenvalue weighted by Crippen LogP contribution is -2.31. The Kier molecular flexibility index (Phi) is 6.41. The molecule has 0 aliphatic heterocycles. The van der Waals surface area contributed by atoms with Crippen molar-refractivity contribution in [3.8, 4) is 0 Å². The molecular formula is C13H24N4O2S. The number of rotatable bonds is 8. The molecule has 0 aliphatic carbocycles. The number of anilines is 1. The van der Waals surface area contributed by atoms with Crippen molar-refractivity contribution in [3.05, 3.63) is 24.3 Å². The minimum absolute atomic E-state index is 0.244. The van der Waals surface area contributed by atoms with E-state index in [9.17, 15) is 8.42 Å². The molecular weight excluding hydrogens is 276 g/mol. The van der Waals surface area contributed by atoms with Crippen molar-refractivity contribution in [2.24, 2.45) is 5.84 Å². The summed E-state index contributed by atoms with van der Waals surface area (Å²) >= 11 is 0. The lowest BCUT2D eigenvalue weighted by molar-refractivity contribution is 0.271. The van der Waals surface area contributed by atoms with Gasteiger partial charge in [0.05, 0.1) is 4.90 Å². The molecule has 0 saturated heterocycles. The minimum atomic E-state index is -3.44. The standard InChI is InChI=1S/C13H24N4O2S/c1-11(2)17(3)10-4-9-15-20(18,19)13-7-5-12(16-14)6-8-13/h5-8,11,15-16H,4,9-10,14H2,1-3H3. The normalized spacial score (nSPS) is 12.1. The molecule has 0 aliphatic rings. The first kappa shape index (κ1) is 16.9. The summed E-state index contributed by atoms with van der Waals surface area (Å²) in [6.45, 7) is 5.50. The van der Waals surface area contributed by atoms with Crippen LogP contribution in [-0.4, -0.2) is 39.5 Å². The second-order valence-electron chi connectivity index (χ2n) is 4.99. The summed E-state index contributed by atoms with van der Waals surface area (Å²) in [6, 6.07) is 6.76. The van der Waals surface area contributed by atoms with E-state index in [1.165, 1.54) is 12.1 Å². The molecule has 0 unspecified atom stereocenters. The van der Waals surface area contributed by atoms with Gasteiger partial charge in [0, 0.05) is 18.3 Å². The molecule has 1 rings (SSSR count). The minimum Gasteiger partial charge on any atom is -0.324 e. The van der Waals surface area contributed by atoms with Crippen LogP contribution in [0.2, 0.25) is 0 Å². The maximum Gasteiger partial charge on any atom is 0.240 e. The van der Waals surface area contributed by atoms with Crippen LogP contribution in [0.15, 0.2) is 29.2 Å². The molecule has 20 heavy (non-hydrogen) atoms. The Morgan fingerprint density at radius 2 is 1.85 bits per heavy atom. The third kappa shape index (κ3) is 5.09. The summed E-state index contributed by atoms with van der Waals surface area (Å²) < 4.78 is 26.7. The Bertz CT molecular complexity index is 500. The first-order valence-corrected chi connectivity index (χ1v) is 8.11. The number of nitrogens with zero attached hydrogens (tertiary/aromatic N) is 1. The summed E-state index contributed by atoms with van der Waals surface area (Å²) in [7, 11) is -1.42. The maximum absolute atomic E-state index is 12.0. The van der Waals surface area contributed by atoms with Crippen molar-refractivity contribution in [2.75, 3.05) is 25.6 Å². The number of nitrogens with one attached hydrogen (secondary N) is 2. The van der Waals surface area contributed by atoms with Crippen molar-refractivity contribution in [2.45, 2.75) is 31.2 Å². The Balaban J connectivity index is 2.49. The average Bonchev–Trinajstić information content (AvgIpc) is 2.43. The van der Waals surface area contributed by atoms with E-state index >= 15 is 0 Å². The van der Waals surface area contributed by atoms with Gasteiger partial charge in [0.1, 0.15) is 0 Å². The molecule has 0 amide bonds. The van der Waals surface area contributed by atoms with Crippen LogP contribution in [0.25, 0.3) is 0 Å². The van der Waals surface area contributed by atoms with Crippen LogP contribution < -0.4 is 16.0 Å². The highest BCUT2D eigenvalue weighted by Gasteiger charge is 2.13. The fourth-order valence-electron chi connectivity index (χ4n) is 1.61. The van der Waals surface area contributed by atoms with E-state index in [1.54, 1.807) is 12.1 Å². The van der Waals surface area contributed by atoms with Gasteiger partial charge in [0.15, 0.2) is 0 Å². The number of sulfonamides is 1. The van der Waals surface area contributed by atoms with Gasteiger partial charge in [0.25, 0.3) is 0 Å². The number of nitrogens with two attached hydrogens (primary N) is 1. The lowest BCUT2D eigenvalue weighted by Gasteiger charge is -2.20. The molecule has 7 heteroatoms. The summed E-state index contributed by atoms with van der Waals surface area (Å²) in [5, 5.41) is 0. The van der Waals surface area contributed by atoms with Gasteiger partial charge in [-0.05, 0) is 58.1 Å². The summed E-state index contributed by atoms with van der Waals surface area (Å²) in [6.07, 6.45) is 0.774. The molecule has 0 fully saturated rings. The van der Waals surface area contributed by atoms with Crippen molar-refractivity contribution in [1.29, 1.82) is 0 Å². The highest BCUT2D eigenvalue weighted by molar-refractivity contribution is 7.89. The van der Waals surface area contributed by atoms with Gasteiger partial charge in [-0.3, -0.25) is 5.84 Å². The Morgan fingerprint density at radius 1 is 1.25 bits per heavy atom. The van der Waals surface area contributed by atoms with Gasteiger partial charge in [0.2, 0.25) is 10.0 Å². The fourth-order valence-corrected chi connectivity index (χ4v) is 2.68. The van der Waals surface area contributed by atoms with E-state index in [1.807, 2.05) is 7.05 Å². The SMILES string of the molecule is CC(C)N(C)CCCNS(=O)(=O)c1ccc(NN)cc1. The smallest absolute Gasteiger partial charge is 0.240 e. The number of hydrazine groups is 1. The van der Waals surface area contributed by atoms with Gasteiger partial charge >= 0.3 is 0 Å². The van der Waals surface area contributed by atoms with Gasteiger partial charge in [-0.15, -0.1) is 0 Å². The summed E-state index contributed by atoms with van der Waals surface area (Å²) in [4.78, 5) is 2.42. The highest BCUT2D eigenvalue weighted by atomic mass is 32.2. The molecule has 0 heterocycles. The molecule has 0 saturated carbocycles. The van der Waals surface area contributed by atoms with Gasteiger partial charge < -0.3 is 10.3 Å². The fraction of sp³-hybridized carbons (Fsp3) is 0.538. The van der Waals surface area contributed by atoms with Crippen LogP contribution in [0, 0.1) is 0 Å². The second kappa shape index (κ2) is 7.58. The molecule has 4 N–H and O–H groups in total. The Labute approximate surface area is 121 Å². The number of nitrogen functional groups attached to an aromatic ring is 1. The van der Waals surface area contributed by atoms with E-state index in [4.69, 9.17) is 5.84 Å². The maximum atomic E-state index is 12.0. The van der Waals surface area contributed by atoms with Crippen LogP contribution >= 0.6 is 0 Å². The molecule has 6 nitrogen and oxygen atoms in total. The van der Waals surface area contributed by atoms with Gasteiger partial charge in [-0.2, -0.15) is 0 Å². The molecule has 0 radical (unpaired) electrons. The predicted molar refractivity (Wildman–Crippen MR) is 81.8 cm³/mol. The molecule has 114 valence electrons. The Hall–Kier alpha value is -1.15. The third-order valence-corrected chi connectivity index (χ3v) is 4.67. The lowest BCUT2D eigenvalue weighted by atomic mass is 10.3. The molecule has 0 spiro atoms. The van der Waals surface area contributed by atoms with Crippen LogP contribution in [0.3, 0.4) is 0 Å². The number of benzene rings is 1. The van der Waals surface area contributed by atoms with Gasteiger partial charge in [-0.1, -0.05) is 0 Å². The average molecular weight is 300 g/mol. The quantitative estimate of drug-likeness (QED) is 0.378. The largest absolute Gasteiger partial charge is 0.324 e. The second-order valence-corrected chi connectivity index (χ2v) is 6.76. The van der Waals surface area contributed by atoms with Crippen molar-refractivity contribution >= 4 is 15.7 Å². The Morgan fingerprint density at radius 3 is 2.35 bits per heavy atom. The number of hydrogen-bond acceptors (Lipinski definition) is 5. The predicted octanol–water partition coefficient (Wildman–Crippen LogP) is 0.981. The number of hydrogen-bond donors (Lipinski definition) is 3. The first-order valence-electron chi connectivity index (χ1n) is 6.63. The van der Waals surface area contributed by atoms with Crippen LogP contribution in [0.4, 0.5) is 5.69 Å². The zero-order valence-corrected chi connectivity index (χ0v) is 13.1. The third-order valence-electron chi connectivity index (χ3n) is 3.19. The molecule has 1 aromatic carbocycles. The van der Waals surface area contributed by atoms with Crippen LogP contribution in [0.1, 0.15) is 20.3 Å². The van der Waals surface area contributed by atoms with Crippen molar-refractivity contribution < 1.29 is 8.42 Å². The molecule has 0 atom stereocenters. The van der Waals surface area contributed by atoms with Crippen LogP contribution in [-0.2, 0) is 10.0 Å². The summed E-state index contributed by atoms with van der Waals surface area (Å²) in [5.74, 6) is 5.24. The van der Waals surface area contributed by atoms with Crippen LogP contribution in [0.5, 0.6) is 0 Å². The van der Waals surface area contributed by atoms with E-state index < -0.39 is 10.0 Å². The highest BCUT2D eigenvalue weighted by Crippen LogP contribution is 2.12. The zero-order chi connectivity index (χ0) is 15.2. The van der Waals surface area contributed by atoms with Crippen molar-refractivity contribution in [3.63, 3.8) is 0 Å². The van der Waals surface area contributed by atoms with E-state index in [2.05, 4.69) is 28.9 Å². The topological polar surface area (TPSA) is 87.5 Å². The summed E-state index contributed by atoms with van der Waals surface area (Å²) in [5.41, 5.74) is 3.13. The van der Waals surface area contributed by atoms with E-state index in [0.29, 0.717) is 18.3 Å². The van der Waals surface area contributed by atoms with Crippen molar-refractivity contribution in [1.82, 2.24) is 9.62 Å². The first-order chi connectivity index (χ1) is 9.36. The monoisotopic (exact) mass is 300 g/mol. The molecule has 1 aromatic rings.